The number of hydrogen-bond acceptors (Lipinski definition) is 3. The van der Waals surface area contributed by atoms with E-state index in [4.69, 9.17) is 0 Å². The highest BCUT2D eigenvalue weighted by molar-refractivity contribution is 14.1. The molecule has 1 heterocycles. The lowest BCUT2D eigenvalue weighted by Gasteiger charge is -1.96. The number of thiophene rings is 1. The van der Waals surface area contributed by atoms with Crippen LogP contribution in [0.25, 0.3) is 10.1 Å². The Morgan fingerprint density at radius 3 is 2.85 bits per heavy atom. The highest BCUT2D eigenvalue weighted by Gasteiger charge is 2.03. The van der Waals surface area contributed by atoms with Crippen LogP contribution in [0.1, 0.15) is 10.4 Å². The maximum absolute atomic E-state index is 10.6. The summed E-state index contributed by atoms with van der Waals surface area (Å²) in [5.41, 5.74) is 0.661. The molecule has 13 heavy (non-hydrogen) atoms. The average Bonchev–Trinajstić information content (AvgIpc) is 2.42. The van der Waals surface area contributed by atoms with Crippen LogP contribution in [0.2, 0.25) is 0 Å². The Morgan fingerprint density at radius 2 is 2.15 bits per heavy atom. The summed E-state index contributed by atoms with van der Waals surface area (Å²) in [6.07, 6.45) is 0.842. The van der Waals surface area contributed by atoms with Gasteiger partial charge in [-0.05, 0) is 46.2 Å². The molecule has 0 saturated heterocycles. The van der Waals surface area contributed by atoms with Crippen molar-refractivity contribution in [3.63, 3.8) is 0 Å². The van der Waals surface area contributed by atoms with Crippen molar-refractivity contribution >= 4 is 62.9 Å². The van der Waals surface area contributed by atoms with Crippen molar-refractivity contribution in [2.75, 3.05) is 0 Å². The molecule has 2 rings (SSSR count). The van der Waals surface area contributed by atoms with Crippen molar-refractivity contribution in [1.82, 2.24) is 0 Å². The van der Waals surface area contributed by atoms with Gasteiger partial charge in [0.15, 0.2) is 6.29 Å². The third-order valence-electron chi connectivity index (χ3n) is 1.76. The molecular weight excluding hydrogens is 315 g/mol. The first-order valence-corrected chi connectivity index (χ1v) is 5.92. The molecule has 0 spiro atoms. The number of benzene rings is 1. The standard InChI is InChI=1S/C9H5IOS2/c10-9-3-5-1-7(12)6(4-11)2-8(5)13-9/h1-4,12H. The lowest BCUT2D eigenvalue weighted by Crippen LogP contribution is -1.80. The van der Waals surface area contributed by atoms with Gasteiger partial charge in [0.2, 0.25) is 0 Å². The summed E-state index contributed by atoms with van der Waals surface area (Å²) < 4.78 is 2.37. The molecule has 0 amide bonds. The molecule has 1 aromatic heterocycles. The lowest BCUT2D eigenvalue weighted by molar-refractivity contribution is 0.112. The summed E-state index contributed by atoms with van der Waals surface area (Å²) in [5, 5.41) is 1.16. The number of aldehydes is 1. The molecule has 0 fully saturated rings. The molecule has 0 aliphatic heterocycles. The molecule has 0 saturated carbocycles. The van der Waals surface area contributed by atoms with Crippen molar-refractivity contribution in [1.29, 1.82) is 0 Å². The molecule has 0 aliphatic rings. The van der Waals surface area contributed by atoms with Crippen LogP contribution in [0, 0.1) is 2.88 Å². The Kier molecular flexibility index (Phi) is 2.62. The number of carbonyl (C=O) groups excluding carboxylic acids is 1. The zero-order chi connectivity index (χ0) is 9.42. The zero-order valence-electron chi connectivity index (χ0n) is 6.45. The third kappa shape index (κ3) is 1.75. The van der Waals surface area contributed by atoms with Crippen molar-refractivity contribution in [2.24, 2.45) is 0 Å². The van der Waals surface area contributed by atoms with Gasteiger partial charge in [-0.2, -0.15) is 0 Å². The second-order valence-corrected chi connectivity index (χ2v) is 6.08. The number of rotatable bonds is 1. The Hall–Kier alpha value is -0.0700. The van der Waals surface area contributed by atoms with Gasteiger partial charge < -0.3 is 0 Å². The smallest absolute Gasteiger partial charge is 0.151 e. The fraction of sp³-hybridized carbons (Fsp3) is 0. The van der Waals surface area contributed by atoms with Gasteiger partial charge in [-0.25, -0.2) is 0 Å². The molecule has 4 heteroatoms. The van der Waals surface area contributed by atoms with Crippen molar-refractivity contribution in [3.8, 4) is 0 Å². The van der Waals surface area contributed by atoms with Gasteiger partial charge in [0.25, 0.3) is 0 Å². The summed E-state index contributed by atoms with van der Waals surface area (Å²) in [6.45, 7) is 0. The van der Waals surface area contributed by atoms with Crippen molar-refractivity contribution < 1.29 is 4.79 Å². The van der Waals surface area contributed by atoms with Gasteiger partial charge >= 0.3 is 0 Å². The second-order valence-electron chi connectivity index (χ2n) is 2.62. The number of thiol groups is 1. The molecule has 2 aromatic rings. The van der Waals surface area contributed by atoms with Gasteiger partial charge in [0.1, 0.15) is 0 Å². The number of halogens is 1. The Bertz CT molecular complexity index is 476. The first kappa shape index (κ1) is 9.48. The molecule has 66 valence electrons. The monoisotopic (exact) mass is 320 g/mol. The molecule has 0 aliphatic carbocycles. The van der Waals surface area contributed by atoms with E-state index in [2.05, 4.69) is 41.3 Å². The summed E-state index contributed by atoms with van der Waals surface area (Å²) in [7, 11) is 0. The van der Waals surface area contributed by atoms with E-state index in [0.717, 1.165) is 21.3 Å². The quantitative estimate of drug-likeness (QED) is 0.483. The highest BCUT2D eigenvalue weighted by atomic mass is 127. The van der Waals surface area contributed by atoms with E-state index < -0.39 is 0 Å². The van der Waals surface area contributed by atoms with E-state index in [1.54, 1.807) is 11.3 Å². The minimum absolute atomic E-state index is 0.661. The van der Waals surface area contributed by atoms with E-state index in [1.807, 2.05) is 12.1 Å². The van der Waals surface area contributed by atoms with Gasteiger partial charge in [0, 0.05) is 15.2 Å². The van der Waals surface area contributed by atoms with E-state index in [-0.39, 0.29) is 0 Å². The predicted molar refractivity (Wildman–Crippen MR) is 67.2 cm³/mol. The van der Waals surface area contributed by atoms with Crippen LogP contribution in [0.3, 0.4) is 0 Å². The van der Waals surface area contributed by atoms with E-state index in [1.165, 1.54) is 2.88 Å². The minimum Gasteiger partial charge on any atom is -0.298 e. The van der Waals surface area contributed by atoms with Crippen LogP contribution in [0.5, 0.6) is 0 Å². The Morgan fingerprint density at radius 1 is 1.38 bits per heavy atom. The van der Waals surface area contributed by atoms with Crippen LogP contribution in [-0.4, -0.2) is 6.29 Å². The van der Waals surface area contributed by atoms with Crippen LogP contribution in [-0.2, 0) is 0 Å². The van der Waals surface area contributed by atoms with Crippen LogP contribution in [0.15, 0.2) is 23.1 Å². The average molecular weight is 320 g/mol. The van der Waals surface area contributed by atoms with Crippen molar-refractivity contribution in [2.45, 2.75) is 4.90 Å². The molecule has 0 unspecified atom stereocenters. The zero-order valence-corrected chi connectivity index (χ0v) is 10.3. The first-order valence-electron chi connectivity index (χ1n) is 3.58. The molecule has 0 bridgehead atoms. The maximum Gasteiger partial charge on any atom is 0.151 e. The van der Waals surface area contributed by atoms with Gasteiger partial charge in [-0.1, -0.05) is 0 Å². The SMILES string of the molecule is O=Cc1cc2sc(I)cc2cc1S. The molecule has 0 N–H and O–H groups in total. The number of hydrogen-bond donors (Lipinski definition) is 1. The maximum atomic E-state index is 10.6. The number of fused-ring (bicyclic) bond motifs is 1. The third-order valence-corrected chi connectivity index (χ3v) is 4.01. The van der Waals surface area contributed by atoms with E-state index in [9.17, 15) is 4.79 Å². The van der Waals surface area contributed by atoms with Crippen LogP contribution >= 0.6 is 46.6 Å². The lowest BCUT2D eigenvalue weighted by atomic mass is 10.2. The van der Waals surface area contributed by atoms with E-state index >= 15 is 0 Å². The number of carbonyl (C=O) groups is 1. The summed E-state index contributed by atoms with van der Waals surface area (Å²) in [5.74, 6) is 0. The first-order chi connectivity index (χ1) is 6.20. The van der Waals surface area contributed by atoms with Gasteiger partial charge in [-0.3, -0.25) is 4.79 Å². The summed E-state index contributed by atoms with van der Waals surface area (Å²) >= 11 is 8.19. The van der Waals surface area contributed by atoms with E-state index in [0.29, 0.717) is 5.56 Å². The van der Waals surface area contributed by atoms with Gasteiger partial charge in [-0.15, -0.1) is 24.0 Å². The van der Waals surface area contributed by atoms with Crippen LogP contribution < -0.4 is 0 Å². The Labute approximate surface area is 98.7 Å². The summed E-state index contributed by atoms with van der Waals surface area (Å²) in [6, 6.07) is 5.91. The predicted octanol–water partition coefficient (Wildman–Crippen LogP) is 3.61. The topological polar surface area (TPSA) is 17.1 Å². The second kappa shape index (κ2) is 3.59. The highest BCUT2D eigenvalue weighted by Crippen LogP contribution is 2.30. The minimum atomic E-state index is 0.661. The van der Waals surface area contributed by atoms with Crippen LogP contribution in [0.4, 0.5) is 0 Å². The molecule has 0 radical (unpaired) electrons. The molecular formula is C9H5IOS2. The molecule has 1 aromatic carbocycles. The Balaban J connectivity index is 2.79. The fourth-order valence-electron chi connectivity index (χ4n) is 1.15. The fourth-order valence-corrected chi connectivity index (χ4v) is 3.27. The molecule has 0 atom stereocenters. The van der Waals surface area contributed by atoms with Crippen molar-refractivity contribution in [3.05, 3.63) is 26.6 Å². The molecule has 1 nitrogen and oxygen atoms in total. The summed E-state index contributed by atoms with van der Waals surface area (Å²) in [4.78, 5) is 11.4. The largest absolute Gasteiger partial charge is 0.298 e. The van der Waals surface area contributed by atoms with Gasteiger partial charge in [0.05, 0.1) is 2.88 Å². The normalized spacial score (nSPS) is 10.6.